The van der Waals surface area contributed by atoms with E-state index >= 15 is 0 Å². The summed E-state index contributed by atoms with van der Waals surface area (Å²) in [4.78, 5) is 15.0. The Morgan fingerprint density at radius 1 is 1.19 bits per heavy atom. The summed E-state index contributed by atoms with van der Waals surface area (Å²) < 4.78 is 15.9. The molecule has 1 aliphatic heterocycles. The highest BCUT2D eigenvalue weighted by Crippen LogP contribution is 2.34. The first-order chi connectivity index (χ1) is 11.6. The molecule has 0 bridgehead atoms. The fourth-order valence-corrected chi connectivity index (χ4v) is 2.99. The number of benzene rings is 1. The monoisotopic (exact) mass is 410 g/mol. The third-order valence-electron chi connectivity index (χ3n) is 4.28. The first kappa shape index (κ1) is 24.8. The minimum absolute atomic E-state index is 0. The number of hydrogen-bond donors (Lipinski definition) is 2. The van der Waals surface area contributed by atoms with Gasteiger partial charge in [0.2, 0.25) is 0 Å². The number of ether oxygens (including phenoxy) is 3. The SMILES string of the molecule is COc1cc(OC)c(C(=O)CN2CCNCC2CCO)c(OC)c1.Cl.Cl. The number of methoxy groups -OCH3 is 3. The van der Waals surface area contributed by atoms with E-state index < -0.39 is 0 Å². The number of halogens is 2. The van der Waals surface area contributed by atoms with Gasteiger partial charge in [-0.3, -0.25) is 9.69 Å². The molecule has 1 heterocycles. The first-order valence-corrected chi connectivity index (χ1v) is 8.03. The summed E-state index contributed by atoms with van der Waals surface area (Å²) in [6.07, 6.45) is 0.636. The van der Waals surface area contributed by atoms with Crippen LogP contribution in [0.3, 0.4) is 0 Å². The molecule has 0 amide bonds. The van der Waals surface area contributed by atoms with Crippen molar-refractivity contribution in [3.8, 4) is 17.2 Å². The van der Waals surface area contributed by atoms with Crippen molar-refractivity contribution in [2.75, 3.05) is 54.1 Å². The normalized spacial score (nSPS) is 16.8. The van der Waals surface area contributed by atoms with Crippen LogP contribution in [0.5, 0.6) is 17.2 Å². The van der Waals surface area contributed by atoms with Crippen LogP contribution in [-0.2, 0) is 0 Å². The van der Waals surface area contributed by atoms with Crippen LogP contribution in [0.2, 0.25) is 0 Å². The maximum absolute atomic E-state index is 12.9. The molecule has 1 atom stereocenters. The van der Waals surface area contributed by atoms with Crippen LogP contribution < -0.4 is 19.5 Å². The first-order valence-electron chi connectivity index (χ1n) is 8.03. The fraction of sp³-hybridized carbons (Fsp3) is 0.588. The zero-order chi connectivity index (χ0) is 17.5. The average molecular weight is 411 g/mol. The van der Waals surface area contributed by atoms with Crippen LogP contribution in [0.4, 0.5) is 0 Å². The van der Waals surface area contributed by atoms with Gasteiger partial charge >= 0.3 is 0 Å². The molecule has 0 aliphatic carbocycles. The lowest BCUT2D eigenvalue weighted by Crippen LogP contribution is -2.53. The van der Waals surface area contributed by atoms with Gasteiger partial charge in [0.15, 0.2) is 5.78 Å². The van der Waals surface area contributed by atoms with Gasteiger partial charge in [-0.15, -0.1) is 24.8 Å². The molecule has 1 fully saturated rings. The predicted octanol–water partition coefficient (Wildman–Crippen LogP) is 1.39. The largest absolute Gasteiger partial charge is 0.496 e. The van der Waals surface area contributed by atoms with Gasteiger partial charge in [-0.25, -0.2) is 0 Å². The number of carbonyl (C=O) groups excluding carboxylic acids is 1. The Morgan fingerprint density at radius 3 is 2.31 bits per heavy atom. The van der Waals surface area contributed by atoms with Crippen molar-refractivity contribution in [1.29, 1.82) is 0 Å². The summed E-state index contributed by atoms with van der Waals surface area (Å²) in [5.74, 6) is 1.37. The summed E-state index contributed by atoms with van der Waals surface area (Å²) >= 11 is 0. The number of piperazine rings is 1. The van der Waals surface area contributed by atoms with Crippen molar-refractivity contribution in [3.05, 3.63) is 17.7 Å². The predicted molar refractivity (Wildman–Crippen MR) is 105 cm³/mol. The minimum Gasteiger partial charge on any atom is -0.496 e. The number of hydrogen-bond acceptors (Lipinski definition) is 7. The van der Waals surface area contributed by atoms with E-state index in [0.29, 0.717) is 29.2 Å². The van der Waals surface area contributed by atoms with Gasteiger partial charge in [0.05, 0.1) is 27.9 Å². The molecule has 1 aliphatic rings. The Kier molecular flexibility index (Phi) is 11.6. The van der Waals surface area contributed by atoms with E-state index in [1.807, 2.05) is 0 Å². The Labute approximate surface area is 166 Å². The van der Waals surface area contributed by atoms with Gasteiger partial charge in [-0.05, 0) is 6.42 Å². The van der Waals surface area contributed by atoms with Crippen molar-refractivity contribution in [1.82, 2.24) is 10.2 Å². The molecular weight excluding hydrogens is 383 g/mol. The lowest BCUT2D eigenvalue weighted by molar-refractivity contribution is 0.0820. The number of aliphatic hydroxyl groups is 1. The molecule has 150 valence electrons. The smallest absolute Gasteiger partial charge is 0.184 e. The second-order valence-electron chi connectivity index (χ2n) is 5.67. The summed E-state index contributed by atoms with van der Waals surface area (Å²) in [7, 11) is 4.59. The van der Waals surface area contributed by atoms with E-state index in [1.165, 1.54) is 14.2 Å². The number of Topliss-reactive ketones (excluding diaryl/α,β-unsaturated/α-hetero) is 1. The average Bonchev–Trinajstić information content (AvgIpc) is 2.62. The number of ketones is 1. The van der Waals surface area contributed by atoms with Gasteiger partial charge in [0.1, 0.15) is 22.8 Å². The maximum atomic E-state index is 12.9. The molecule has 2 N–H and O–H groups in total. The summed E-state index contributed by atoms with van der Waals surface area (Å²) in [5.41, 5.74) is 0.419. The molecule has 0 saturated carbocycles. The van der Waals surface area contributed by atoms with E-state index in [1.54, 1.807) is 19.2 Å². The highest BCUT2D eigenvalue weighted by molar-refractivity contribution is 6.03. The number of nitrogens with zero attached hydrogens (tertiary/aromatic N) is 1. The lowest BCUT2D eigenvalue weighted by atomic mass is 10.0. The van der Waals surface area contributed by atoms with Crippen molar-refractivity contribution in [3.63, 3.8) is 0 Å². The molecule has 0 aromatic heterocycles. The van der Waals surface area contributed by atoms with Crippen molar-refractivity contribution in [2.24, 2.45) is 0 Å². The Hall–Kier alpha value is -1.25. The van der Waals surface area contributed by atoms with Crippen LogP contribution in [-0.4, -0.2) is 75.9 Å². The Bertz CT molecular complexity index is 547. The quantitative estimate of drug-likeness (QED) is 0.626. The van der Waals surface area contributed by atoms with Crippen LogP contribution in [0.15, 0.2) is 12.1 Å². The second-order valence-corrected chi connectivity index (χ2v) is 5.67. The van der Waals surface area contributed by atoms with E-state index in [0.717, 1.165) is 19.6 Å². The van der Waals surface area contributed by atoms with Gasteiger partial charge in [-0.1, -0.05) is 0 Å². The summed E-state index contributed by atoms with van der Waals surface area (Å²) in [5, 5.41) is 12.5. The Morgan fingerprint density at radius 2 is 1.81 bits per heavy atom. The lowest BCUT2D eigenvalue weighted by Gasteiger charge is -2.35. The van der Waals surface area contributed by atoms with Crippen molar-refractivity contribution in [2.45, 2.75) is 12.5 Å². The highest BCUT2D eigenvalue weighted by Gasteiger charge is 2.27. The van der Waals surface area contributed by atoms with Gasteiger partial charge in [0.25, 0.3) is 0 Å². The molecule has 7 nitrogen and oxygen atoms in total. The zero-order valence-electron chi connectivity index (χ0n) is 15.3. The zero-order valence-corrected chi connectivity index (χ0v) is 17.0. The second kappa shape index (κ2) is 12.2. The molecule has 1 saturated heterocycles. The summed E-state index contributed by atoms with van der Waals surface area (Å²) in [6, 6.07) is 3.50. The summed E-state index contributed by atoms with van der Waals surface area (Å²) in [6.45, 7) is 2.71. The molecule has 1 aromatic rings. The van der Waals surface area contributed by atoms with Gasteiger partial charge < -0.3 is 24.6 Å². The van der Waals surface area contributed by atoms with Crippen LogP contribution >= 0.6 is 24.8 Å². The molecule has 26 heavy (non-hydrogen) atoms. The third kappa shape index (κ3) is 5.89. The highest BCUT2D eigenvalue weighted by atomic mass is 35.5. The fourth-order valence-electron chi connectivity index (χ4n) is 2.99. The molecule has 0 radical (unpaired) electrons. The molecular formula is C17H28Cl2N2O5. The third-order valence-corrected chi connectivity index (χ3v) is 4.28. The molecule has 9 heteroatoms. The molecule has 0 spiro atoms. The van der Waals surface area contributed by atoms with E-state index in [4.69, 9.17) is 14.2 Å². The Balaban J connectivity index is 0.00000312. The van der Waals surface area contributed by atoms with Gasteiger partial charge in [0, 0.05) is 44.4 Å². The number of carbonyl (C=O) groups is 1. The number of nitrogens with one attached hydrogen (secondary N) is 1. The maximum Gasteiger partial charge on any atom is 0.184 e. The van der Waals surface area contributed by atoms with Crippen LogP contribution in [0.1, 0.15) is 16.8 Å². The molecule has 1 unspecified atom stereocenters. The minimum atomic E-state index is -0.0730. The van der Waals surface area contributed by atoms with Gasteiger partial charge in [-0.2, -0.15) is 0 Å². The van der Waals surface area contributed by atoms with Crippen molar-refractivity contribution >= 4 is 30.6 Å². The van der Waals surface area contributed by atoms with Crippen LogP contribution in [0, 0.1) is 0 Å². The van der Waals surface area contributed by atoms with E-state index in [-0.39, 0.29) is 49.8 Å². The number of rotatable bonds is 8. The van der Waals surface area contributed by atoms with Crippen molar-refractivity contribution < 1.29 is 24.1 Å². The standard InChI is InChI=1S/C17H26N2O5.2ClH/c1-22-13-8-15(23-2)17(16(9-13)24-3)14(21)11-19-6-5-18-10-12(19)4-7-20;;/h8-9,12,18,20H,4-7,10-11H2,1-3H3;2*1H. The van der Waals surface area contributed by atoms with E-state index in [9.17, 15) is 9.90 Å². The molecule has 1 aromatic carbocycles. The topological polar surface area (TPSA) is 80.3 Å². The number of aliphatic hydroxyl groups excluding tert-OH is 1. The molecule has 2 rings (SSSR count). The van der Waals surface area contributed by atoms with Crippen LogP contribution in [0.25, 0.3) is 0 Å². The van der Waals surface area contributed by atoms with E-state index in [2.05, 4.69) is 10.2 Å².